The molecule has 2 aliphatic heterocycles. The van der Waals surface area contributed by atoms with Crippen LogP contribution in [0.25, 0.3) is 0 Å². The Kier molecular flexibility index (Phi) is 5.46. The van der Waals surface area contributed by atoms with E-state index >= 15 is 0 Å². The fraction of sp³-hybridized carbons (Fsp3) is 0.269. The van der Waals surface area contributed by atoms with Crippen molar-refractivity contribution in [3.63, 3.8) is 0 Å². The van der Waals surface area contributed by atoms with Crippen molar-refractivity contribution < 1.29 is 23.7 Å². The average Bonchev–Trinajstić information content (AvgIpc) is 3.33. The zero-order valence-corrected chi connectivity index (χ0v) is 19.1. The first-order chi connectivity index (χ1) is 16.2. The van der Waals surface area contributed by atoms with Gasteiger partial charge in [0.15, 0.2) is 11.5 Å². The molecule has 2 heterocycles. The number of hydrazone groups is 1. The molecular weight excluding hydrogens is 420 g/mol. The second kappa shape index (κ2) is 8.58. The van der Waals surface area contributed by atoms with Crippen molar-refractivity contribution in [3.05, 3.63) is 77.4 Å². The van der Waals surface area contributed by atoms with Crippen LogP contribution in [0.2, 0.25) is 0 Å². The standard InChI is InChI=1S/C26H26N2O5/c1-29-18-11-9-16(10-12-18)20-15-21-19-7-5-6-8-22(19)33-26(28(21)27-20)17-13-23(30-2)25(32-4)24(14-17)31-3/h5-14,21,26H,15H2,1-4H3/t21-,26+/m1/s1. The number of rotatable bonds is 6. The Balaban J connectivity index is 1.60. The fourth-order valence-electron chi connectivity index (χ4n) is 4.46. The van der Waals surface area contributed by atoms with Crippen LogP contribution in [0.5, 0.6) is 28.7 Å². The second-order valence-corrected chi connectivity index (χ2v) is 7.84. The quantitative estimate of drug-likeness (QED) is 0.533. The van der Waals surface area contributed by atoms with Crippen LogP contribution in [0.3, 0.4) is 0 Å². The SMILES string of the molecule is COc1ccc(C2=NN3[C@H](C2)c2ccccc2O[C@H]3c2cc(OC)c(OC)c(OC)c2)cc1. The molecule has 0 bridgehead atoms. The van der Waals surface area contributed by atoms with Crippen molar-refractivity contribution in [2.24, 2.45) is 5.10 Å². The first kappa shape index (κ1) is 21.0. The Morgan fingerprint density at radius 2 is 1.55 bits per heavy atom. The van der Waals surface area contributed by atoms with E-state index in [-0.39, 0.29) is 6.04 Å². The maximum Gasteiger partial charge on any atom is 0.214 e. The molecule has 0 radical (unpaired) electrons. The lowest BCUT2D eigenvalue weighted by Gasteiger charge is -2.38. The molecule has 7 nitrogen and oxygen atoms in total. The van der Waals surface area contributed by atoms with Gasteiger partial charge in [-0.2, -0.15) is 5.10 Å². The molecule has 0 aromatic heterocycles. The van der Waals surface area contributed by atoms with E-state index in [1.165, 1.54) is 0 Å². The van der Waals surface area contributed by atoms with Crippen LogP contribution in [0.15, 0.2) is 65.8 Å². The van der Waals surface area contributed by atoms with Gasteiger partial charge in [-0.25, -0.2) is 5.01 Å². The minimum absolute atomic E-state index is 0.0520. The van der Waals surface area contributed by atoms with Crippen molar-refractivity contribution in [2.45, 2.75) is 18.7 Å². The van der Waals surface area contributed by atoms with Gasteiger partial charge in [0, 0.05) is 17.5 Å². The van der Waals surface area contributed by atoms with Gasteiger partial charge in [0.25, 0.3) is 0 Å². The maximum atomic E-state index is 6.47. The lowest BCUT2D eigenvalue weighted by molar-refractivity contribution is -0.0192. The lowest BCUT2D eigenvalue weighted by atomic mass is 9.96. The highest BCUT2D eigenvalue weighted by atomic mass is 16.5. The Labute approximate surface area is 193 Å². The molecule has 5 rings (SSSR count). The summed E-state index contributed by atoms with van der Waals surface area (Å²) in [7, 11) is 6.47. The summed E-state index contributed by atoms with van der Waals surface area (Å²) in [4.78, 5) is 0. The van der Waals surface area contributed by atoms with Crippen molar-refractivity contribution in [2.75, 3.05) is 28.4 Å². The normalized spacial score (nSPS) is 18.5. The minimum Gasteiger partial charge on any atom is -0.497 e. The second-order valence-electron chi connectivity index (χ2n) is 7.84. The summed E-state index contributed by atoms with van der Waals surface area (Å²) in [6.45, 7) is 0. The third kappa shape index (κ3) is 3.59. The average molecular weight is 447 g/mol. The third-order valence-corrected chi connectivity index (χ3v) is 6.09. The highest BCUT2D eigenvalue weighted by Gasteiger charge is 2.41. The van der Waals surface area contributed by atoms with E-state index < -0.39 is 6.23 Å². The first-order valence-electron chi connectivity index (χ1n) is 10.7. The monoisotopic (exact) mass is 446 g/mol. The molecule has 0 spiro atoms. The van der Waals surface area contributed by atoms with Crippen LogP contribution in [0.1, 0.15) is 35.4 Å². The first-order valence-corrected chi connectivity index (χ1v) is 10.7. The molecular formula is C26H26N2O5. The predicted molar refractivity (Wildman–Crippen MR) is 125 cm³/mol. The van der Waals surface area contributed by atoms with Crippen LogP contribution in [-0.2, 0) is 0 Å². The molecule has 0 unspecified atom stereocenters. The van der Waals surface area contributed by atoms with Gasteiger partial charge in [0.1, 0.15) is 11.5 Å². The van der Waals surface area contributed by atoms with Crippen LogP contribution in [0.4, 0.5) is 0 Å². The lowest BCUT2D eigenvalue weighted by Crippen LogP contribution is -2.33. The van der Waals surface area contributed by atoms with Gasteiger partial charge in [-0.3, -0.25) is 0 Å². The molecule has 0 saturated heterocycles. The number of nitrogens with zero attached hydrogens (tertiary/aromatic N) is 2. The third-order valence-electron chi connectivity index (χ3n) is 6.09. The topological polar surface area (TPSA) is 61.8 Å². The summed E-state index contributed by atoms with van der Waals surface area (Å²) in [5.41, 5.74) is 4.05. The number of hydrogen-bond donors (Lipinski definition) is 0. The van der Waals surface area contributed by atoms with Crippen molar-refractivity contribution in [1.29, 1.82) is 0 Å². The van der Waals surface area contributed by atoms with Gasteiger partial charge in [-0.05, 0) is 48.0 Å². The van der Waals surface area contributed by atoms with Crippen LogP contribution in [0, 0.1) is 0 Å². The highest BCUT2D eigenvalue weighted by molar-refractivity contribution is 6.02. The smallest absolute Gasteiger partial charge is 0.214 e. The Morgan fingerprint density at radius 1 is 0.848 bits per heavy atom. The van der Waals surface area contributed by atoms with Gasteiger partial charge in [0.05, 0.1) is 40.2 Å². The summed E-state index contributed by atoms with van der Waals surface area (Å²) in [5, 5.41) is 7.05. The fourth-order valence-corrected chi connectivity index (χ4v) is 4.46. The largest absolute Gasteiger partial charge is 0.497 e. The van der Waals surface area contributed by atoms with E-state index in [1.807, 2.05) is 59.6 Å². The van der Waals surface area contributed by atoms with Crippen molar-refractivity contribution >= 4 is 5.71 Å². The zero-order valence-electron chi connectivity index (χ0n) is 19.1. The molecule has 3 aromatic carbocycles. The van der Waals surface area contributed by atoms with E-state index in [1.54, 1.807) is 28.4 Å². The number of fused-ring (bicyclic) bond motifs is 3. The van der Waals surface area contributed by atoms with Gasteiger partial charge in [0.2, 0.25) is 12.0 Å². The van der Waals surface area contributed by atoms with E-state index in [2.05, 4.69) is 6.07 Å². The Hall–Kier alpha value is -3.87. The van der Waals surface area contributed by atoms with Crippen LogP contribution >= 0.6 is 0 Å². The van der Waals surface area contributed by atoms with Crippen molar-refractivity contribution in [1.82, 2.24) is 5.01 Å². The van der Waals surface area contributed by atoms with E-state index in [0.717, 1.165) is 40.3 Å². The van der Waals surface area contributed by atoms with Gasteiger partial charge < -0.3 is 23.7 Å². The molecule has 170 valence electrons. The summed E-state index contributed by atoms with van der Waals surface area (Å²) in [6.07, 6.45) is 0.322. The minimum atomic E-state index is -0.450. The molecule has 3 aromatic rings. The Morgan fingerprint density at radius 3 is 2.18 bits per heavy atom. The molecule has 0 amide bonds. The van der Waals surface area contributed by atoms with Gasteiger partial charge >= 0.3 is 0 Å². The number of para-hydroxylation sites is 1. The van der Waals surface area contributed by atoms with E-state index in [9.17, 15) is 0 Å². The highest BCUT2D eigenvalue weighted by Crippen LogP contribution is 2.49. The zero-order chi connectivity index (χ0) is 22.9. The molecule has 2 atom stereocenters. The van der Waals surface area contributed by atoms with Crippen LogP contribution in [-0.4, -0.2) is 39.2 Å². The Bertz CT molecular complexity index is 1170. The number of hydrogen-bond acceptors (Lipinski definition) is 7. The summed E-state index contributed by atoms with van der Waals surface area (Å²) in [6, 6.07) is 20.0. The van der Waals surface area contributed by atoms with E-state index in [0.29, 0.717) is 17.2 Å². The molecule has 0 saturated carbocycles. The van der Waals surface area contributed by atoms with Crippen molar-refractivity contribution in [3.8, 4) is 28.7 Å². The molecule has 33 heavy (non-hydrogen) atoms. The number of methoxy groups -OCH3 is 4. The maximum absolute atomic E-state index is 6.47. The van der Waals surface area contributed by atoms with Gasteiger partial charge in [-0.15, -0.1) is 0 Å². The predicted octanol–water partition coefficient (Wildman–Crippen LogP) is 4.96. The summed E-state index contributed by atoms with van der Waals surface area (Å²) < 4.78 is 28.4. The molecule has 0 aliphatic carbocycles. The number of ether oxygens (including phenoxy) is 5. The van der Waals surface area contributed by atoms with Gasteiger partial charge in [-0.1, -0.05) is 18.2 Å². The molecule has 0 fully saturated rings. The molecule has 7 heteroatoms. The summed E-state index contributed by atoms with van der Waals surface area (Å²) in [5.74, 6) is 3.36. The molecule has 2 aliphatic rings. The van der Waals surface area contributed by atoms with Crippen LogP contribution < -0.4 is 23.7 Å². The molecule has 0 N–H and O–H groups in total. The number of benzene rings is 3. The summed E-state index contributed by atoms with van der Waals surface area (Å²) >= 11 is 0. The van der Waals surface area contributed by atoms with E-state index in [4.69, 9.17) is 28.8 Å².